The number of amidine groups is 1. The topological polar surface area (TPSA) is 96.5 Å². The van der Waals surface area contributed by atoms with E-state index in [4.69, 9.17) is 15.9 Å². The molecular formula is C9H19N3O3S. The number of rotatable bonds is 5. The lowest BCUT2D eigenvalue weighted by atomic mass is 9.97. The van der Waals surface area contributed by atoms with Gasteiger partial charge in [0.15, 0.2) is 0 Å². The summed E-state index contributed by atoms with van der Waals surface area (Å²) >= 11 is 0. The van der Waals surface area contributed by atoms with Gasteiger partial charge in [0.2, 0.25) is 10.0 Å². The second-order valence-corrected chi connectivity index (χ2v) is 6.03. The van der Waals surface area contributed by atoms with Crippen molar-refractivity contribution in [2.75, 3.05) is 32.6 Å². The van der Waals surface area contributed by atoms with Crippen LogP contribution in [0.4, 0.5) is 0 Å². The highest BCUT2D eigenvalue weighted by atomic mass is 32.2. The largest absolute Gasteiger partial charge is 0.387 e. The fourth-order valence-electron chi connectivity index (χ4n) is 1.76. The number of ether oxygens (including phenoxy) is 1. The van der Waals surface area contributed by atoms with Gasteiger partial charge >= 0.3 is 0 Å². The van der Waals surface area contributed by atoms with E-state index in [0.717, 1.165) is 0 Å². The number of sulfonamides is 1. The summed E-state index contributed by atoms with van der Waals surface area (Å²) < 4.78 is 29.8. The lowest BCUT2D eigenvalue weighted by molar-refractivity contribution is 0.214. The summed E-state index contributed by atoms with van der Waals surface area (Å²) in [5.74, 6) is 0.219. The van der Waals surface area contributed by atoms with Crippen molar-refractivity contribution in [3.63, 3.8) is 0 Å². The second-order valence-electron chi connectivity index (χ2n) is 3.94. The highest BCUT2D eigenvalue weighted by molar-refractivity contribution is 7.89. The Morgan fingerprint density at radius 3 is 2.50 bits per heavy atom. The van der Waals surface area contributed by atoms with Crippen LogP contribution in [-0.4, -0.2) is 51.1 Å². The predicted molar refractivity (Wildman–Crippen MR) is 61.9 cm³/mol. The molecule has 1 saturated heterocycles. The molecule has 0 aromatic rings. The molecule has 0 bridgehead atoms. The van der Waals surface area contributed by atoms with Crippen LogP contribution < -0.4 is 5.73 Å². The summed E-state index contributed by atoms with van der Waals surface area (Å²) in [6.45, 7) is 1.13. The SMILES string of the molecule is COCCS(=O)(=O)N1CCC(C(=N)N)CC1. The Labute approximate surface area is 96.3 Å². The van der Waals surface area contributed by atoms with Gasteiger partial charge < -0.3 is 10.5 Å². The molecule has 1 aliphatic rings. The Kier molecular flexibility index (Phi) is 4.69. The molecule has 0 aromatic heterocycles. The number of methoxy groups -OCH3 is 1. The van der Waals surface area contributed by atoms with E-state index in [1.54, 1.807) is 0 Å². The zero-order valence-electron chi connectivity index (χ0n) is 9.48. The van der Waals surface area contributed by atoms with E-state index >= 15 is 0 Å². The van der Waals surface area contributed by atoms with Crippen LogP contribution in [0.15, 0.2) is 0 Å². The van der Waals surface area contributed by atoms with E-state index in [2.05, 4.69) is 0 Å². The first-order valence-corrected chi connectivity index (χ1v) is 6.89. The molecule has 0 atom stereocenters. The van der Waals surface area contributed by atoms with Gasteiger partial charge in [0, 0.05) is 26.1 Å². The molecule has 1 fully saturated rings. The van der Waals surface area contributed by atoms with Gasteiger partial charge in [-0.05, 0) is 12.8 Å². The number of nitrogens with two attached hydrogens (primary N) is 1. The van der Waals surface area contributed by atoms with Crippen LogP contribution in [0.1, 0.15) is 12.8 Å². The van der Waals surface area contributed by atoms with Crippen molar-refractivity contribution in [2.24, 2.45) is 11.7 Å². The Morgan fingerprint density at radius 2 is 2.06 bits per heavy atom. The zero-order chi connectivity index (χ0) is 12.2. The van der Waals surface area contributed by atoms with E-state index < -0.39 is 10.0 Å². The maximum absolute atomic E-state index is 11.8. The average Bonchev–Trinajstić information content (AvgIpc) is 2.26. The van der Waals surface area contributed by atoms with Crippen molar-refractivity contribution in [2.45, 2.75) is 12.8 Å². The maximum atomic E-state index is 11.8. The molecule has 0 aromatic carbocycles. The van der Waals surface area contributed by atoms with Crippen LogP contribution >= 0.6 is 0 Å². The van der Waals surface area contributed by atoms with Crippen molar-refractivity contribution in [3.8, 4) is 0 Å². The van der Waals surface area contributed by atoms with Gasteiger partial charge in [0.1, 0.15) is 0 Å². The second kappa shape index (κ2) is 5.60. The first-order chi connectivity index (χ1) is 7.47. The highest BCUT2D eigenvalue weighted by Crippen LogP contribution is 2.19. The minimum atomic E-state index is -3.20. The monoisotopic (exact) mass is 249 g/mol. The molecule has 0 spiro atoms. The smallest absolute Gasteiger partial charge is 0.216 e. The Bertz CT molecular complexity index is 334. The molecular weight excluding hydrogens is 230 g/mol. The minimum absolute atomic E-state index is 0.0221. The molecule has 1 aliphatic heterocycles. The predicted octanol–water partition coefficient (Wildman–Crippen LogP) is -0.389. The lowest BCUT2D eigenvalue weighted by Gasteiger charge is -2.30. The Hall–Kier alpha value is -0.660. The molecule has 3 N–H and O–H groups in total. The molecule has 0 unspecified atom stereocenters. The molecule has 0 radical (unpaired) electrons. The van der Waals surface area contributed by atoms with Gasteiger partial charge in [-0.15, -0.1) is 0 Å². The number of hydrogen-bond donors (Lipinski definition) is 2. The van der Waals surface area contributed by atoms with E-state index in [1.165, 1.54) is 11.4 Å². The highest BCUT2D eigenvalue weighted by Gasteiger charge is 2.28. The van der Waals surface area contributed by atoms with Gasteiger partial charge in [0.25, 0.3) is 0 Å². The van der Waals surface area contributed by atoms with Crippen molar-refractivity contribution < 1.29 is 13.2 Å². The van der Waals surface area contributed by atoms with Crippen molar-refractivity contribution in [1.29, 1.82) is 5.41 Å². The van der Waals surface area contributed by atoms with E-state index in [1.807, 2.05) is 0 Å². The molecule has 0 amide bonds. The maximum Gasteiger partial charge on any atom is 0.216 e. The first kappa shape index (κ1) is 13.4. The summed E-state index contributed by atoms with van der Waals surface area (Å²) in [4.78, 5) is 0. The quantitative estimate of drug-likeness (QED) is 0.512. The fraction of sp³-hybridized carbons (Fsp3) is 0.889. The van der Waals surface area contributed by atoms with Crippen LogP contribution in [0.3, 0.4) is 0 Å². The zero-order valence-corrected chi connectivity index (χ0v) is 10.3. The normalized spacial score (nSPS) is 19.8. The first-order valence-electron chi connectivity index (χ1n) is 5.28. The molecule has 1 heterocycles. The van der Waals surface area contributed by atoms with Crippen LogP contribution in [0.2, 0.25) is 0 Å². The summed E-state index contributed by atoms with van der Waals surface area (Å²) in [5.41, 5.74) is 5.40. The van der Waals surface area contributed by atoms with Gasteiger partial charge in [-0.1, -0.05) is 0 Å². The van der Waals surface area contributed by atoms with E-state index in [-0.39, 0.29) is 24.1 Å². The molecule has 6 nitrogen and oxygen atoms in total. The van der Waals surface area contributed by atoms with Gasteiger partial charge in [-0.3, -0.25) is 5.41 Å². The standard InChI is InChI=1S/C9H19N3O3S/c1-15-6-7-16(13,14)12-4-2-8(3-5-12)9(10)11/h8H,2-7H2,1H3,(H3,10,11). The minimum Gasteiger partial charge on any atom is -0.387 e. The van der Waals surface area contributed by atoms with Crippen molar-refractivity contribution in [3.05, 3.63) is 0 Å². The third-order valence-electron chi connectivity index (χ3n) is 2.83. The summed E-state index contributed by atoms with van der Waals surface area (Å²) in [6, 6.07) is 0. The molecule has 0 saturated carbocycles. The molecule has 7 heteroatoms. The van der Waals surface area contributed by atoms with Gasteiger partial charge in [-0.25, -0.2) is 12.7 Å². The van der Waals surface area contributed by atoms with Gasteiger partial charge in [0.05, 0.1) is 18.2 Å². The number of hydrogen-bond acceptors (Lipinski definition) is 4. The number of nitrogens with zero attached hydrogens (tertiary/aromatic N) is 1. The Morgan fingerprint density at radius 1 is 1.50 bits per heavy atom. The van der Waals surface area contributed by atoms with Gasteiger partial charge in [-0.2, -0.15) is 0 Å². The van der Waals surface area contributed by atoms with E-state index in [0.29, 0.717) is 25.9 Å². The average molecular weight is 249 g/mol. The summed E-state index contributed by atoms with van der Waals surface area (Å²) in [7, 11) is -1.71. The van der Waals surface area contributed by atoms with Crippen LogP contribution in [0.5, 0.6) is 0 Å². The molecule has 0 aliphatic carbocycles. The molecule has 94 valence electrons. The van der Waals surface area contributed by atoms with Crippen LogP contribution in [0, 0.1) is 11.3 Å². The third kappa shape index (κ3) is 3.43. The number of nitrogens with one attached hydrogen (secondary N) is 1. The third-order valence-corrected chi connectivity index (χ3v) is 4.67. The summed E-state index contributed by atoms with van der Waals surface area (Å²) in [6.07, 6.45) is 1.28. The van der Waals surface area contributed by atoms with E-state index in [9.17, 15) is 8.42 Å². The van der Waals surface area contributed by atoms with Crippen molar-refractivity contribution >= 4 is 15.9 Å². The Balaban J connectivity index is 2.50. The number of piperidine rings is 1. The van der Waals surface area contributed by atoms with Crippen LogP contribution in [-0.2, 0) is 14.8 Å². The molecule has 16 heavy (non-hydrogen) atoms. The summed E-state index contributed by atoms with van der Waals surface area (Å²) in [5, 5.41) is 7.31. The lowest BCUT2D eigenvalue weighted by Crippen LogP contribution is -2.42. The fourth-order valence-corrected chi connectivity index (χ4v) is 3.17. The van der Waals surface area contributed by atoms with Crippen molar-refractivity contribution in [1.82, 2.24) is 4.31 Å². The van der Waals surface area contributed by atoms with Crippen LogP contribution in [0.25, 0.3) is 0 Å². The molecule has 1 rings (SSSR count).